The largest absolute Gasteiger partial charge is 0.325 e. The van der Waals surface area contributed by atoms with Crippen LogP contribution in [0, 0.1) is 17.8 Å². The van der Waals surface area contributed by atoms with Gasteiger partial charge in [-0.3, -0.25) is 0 Å². The van der Waals surface area contributed by atoms with Crippen molar-refractivity contribution in [3.05, 3.63) is 0 Å². The summed E-state index contributed by atoms with van der Waals surface area (Å²) in [5.41, 5.74) is 7.05. The molecule has 0 aromatic carbocycles. The third kappa shape index (κ3) is 2.30. The molecule has 0 bridgehead atoms. The Kier molecular flexibility index (Phi) is 3.94. The molecule has 2 aliphatic rings. The lowest BCUT2D eigenvalue weighted by atomic mass is 9.61. The van der Waals surface area contributed by atoms with Gasteiger partial charge in [-0.2, -0.15) is 0 Å². The van der Waals surface area contributed by atoms with Gasteiger partial charge in [0.15, 0.2) is 0 Å². The van der Waals surface area contributed by atoms with Gasteiger partial charge in [0.2, 0.25) is 0 Å². The van der Waals surface area contributed by atoms with Gasteiger partial charge < -0.3 is 5.73 Å². The minimum Gasteiger partial charge on any atom is -0.325 e. The summed E-state index contributed by atoms with van der Waals surface area (Å²) in [6, 6.07) is 0. The van der Waals surface area contributed by atoms with E-state index in [0.29, 0.717) is 0 Å². The number of hydrogen-bond acceptors (Lipinski definition) is 1. The summed E-state index contributed by atoms with van der Waals surface area (Å²) in [5, 5.41) is 0. The molecule has 0 aromatic heterocycles. The van der Waals surface area contributed by atoms with Crippen LogP contribution in [-0.4, -0.2) is 5.54 Å². The Morgan fingerprint density at radius 3 is 2.62 bits per heavy atom. The highest BCUT2D eigenvalue weighted by molar-refractivity contribution is 5.00. The van der Waals surface area contributed by atoms with Crippen LogP contribution >= 0.6 is 0 Å². The molecule has 0 spiro atoms. The first-order valence-electron chi connectivity index (χ1n) is 7.45. The molecule has 2 saturated carbocycles. The second-order valence-electron chi connectivity index (χ2n) is 6.43. The second kappa shape index (κ2) is 5.08. The summed E-state index contributed by atoms with van der Waals surface area (Å²) in [6.45, 7) is 4.75. The topological polar surface area (TPSA) is 26.0 Å². The predicted molar refractivity (Wildman–Crippen MR) is 70.3 cm³/mol. The zero-order valence-corrected chi connectivity index (χ0v) is 11.2. The van der Waals surface area contributed by atoms with Crippen LogP contribution in [0.15, 0.2) is 0 Å². The fourth-order valence-corrected chi connectivity index (χ4v) is 4.34. The highest BCUT2D eigenvalue weighted by Crippen LogP contribution is 2.45. The molecule has 1 nitrogen and oxygen atoms in total. The molecule has 4 unspecified atom stereocenters. The molecule has 0 saturated heterocycles. The molecular weight excluding hydrogens is 194 g/mol. The number of hydrogen-bond donors (Lipinski definition) is 1. The Labute approximate surface area is 101 Å². The molecule has 2 fully saturated rings. The van der Waals surface area contributed by atoms with E-state index in [1.165, 1.54) is 57.8 Å². The molecule has 0 aromatic rings. The highest BCUT2D eigenvalue weighted by Gasteiger charge is 2.43. The highest BCUT2D eigenvalue weighted by atomic mass is 14.8. The summed E-state index contributed by atoms with van der Waals surface area (Å²) in [6.07, 6.45) is 12.4. The minimum atomic E-state index is 0.196. The monoisotopic (exact) mass is 223 g/mol. The van der Waals surface area contributed by atoms with Gasteiger partial charge in [-0.05, 0) is 43.4 Å². The van der Waals surface area contributed by atoms with Crippen molar-refractivity contribution >= 4 is 0 Å². The molecule has 16 heavy (non-hydrogen) atoms. The van der Waals surface area contributed by atoms with Crippen molar-refractivity contribution in [2.75, 3.05) is 0 Å². The lowest BCUT2D eigenvalue weighted by Crippen LogP contribution is -2.55. The van der Waals surface area contributed by atoms with Gasteiger partial charge in [0, 0.05) is 5.54 Å². The van der Waals surface area contributed by atoms with Gasteiger partial charge in [-0.15, -0.1) is 0 Å². The molecule has 1 heteroatoms. The standard InChI is InChI=1S/C15H29N/c1-3-13-8-4-5-10-15(13,16)14-9-6-7-12(2)11-14/h12-14H,3-11,16H2,1-2H3. The van der Waals surface area contributed by atoms with E-state index in [9.17, 15) is 0 Å². The molecule has 94 valence electrons. The Balaban J connectivity index is 2.08. The third-order valence-corrected chi connectivity index (χ3v) is 5.36. The minimum absolute atomic E-state index is 0.196. The van der Waals surface area contributed by atoms with Crippen molar-refractivity contribution < 1.29 is 0 Å². The van der Waals surface area contributed by atoms with E-state index in [4.69, 9.17) is 5.73 Å². The molecule has 2 aliphatic carbocycles. The maximum Gasteiger partial charge on any atom is 0.0211 e. The fourth-order valence-electron chi connectivity index (χ4n) is 4.34. The quantitative estimate of drug-likeness (QED) is 0.749. The Morgan fingerprint density at radius 1 is 1.12 bits per heavy atom. The lowest BCUT2D eigenvalue weighted by molar-refractivity contribution is 0.0731. The molecule has 0 radical (unpaired) electrons. The van der Waals surface area contributed by atoms with Gasteiger partial charge in [0.05, 0.1) is 0 Å². The predicted octanol–water partition coefficient (Wildman–Crippen LogP) is 4.11. The van der Waals surface area contributed by atoms with Crippen LogP contribution in [0.2, 0.25) is 0 Å². The smallest absolute Gasteiger partial charge is 0.0211 e. The van der Waals surface area contributed by atoms with Crippen LogP contribution in [0.3, 0.4) is 0 Å². The van der Waals surface area contributed by atoms with Crippen LogP contribution < -0.4 is 5.73 Å². The van der Waals surface area contributed by atoms with E-state index in [-0.39, 0.29) is 5.54 Å². The first kappa shape index (κ1) is 12.4. The first-order valence-corrected chi connectivity index (χ1v) is 7.45. The van der Waals surface area contributed by atoms with Gasteiger partial charge in [0.25, 0.3) is 0 Å². The van der Waals surface area contributed by atoms with E-state index >= 15 is 0 Å². The zero-order valence-electron chi connectivity index (χ0n) is 11.2. The number of rotatable bonds is 2. The van der Waals surface area contributed by atoms with Crippen LogP contribution in [0.1, 0.15) is 71.6 Å². The summed E-state index contributed by atoms with van der Waals surface area (Å²) in [4.78, 5) is 0. The Morgan fingerprint density at radius 2 is 1.94 bits per heavy atom. The molecule has 0 aliphatic heterocycles. The SMILES string of the molecule is CCC1CCCCC1(N)C1CCCC(C)C1. The summed E-state index contributed by atoms with van der Waals surface area (Å²) >= 11 is 0. The Bertz CT molecular complexity index is 225. The van der Waals surface area contributed by atoms with Gasteiger partial charge in [-0.25, -0.2) is 0 Å². The van der Waals surface area contributed by atoms with Gasteiger partial charge in [-0.1, -0.05) is 46.0 Å². The van der Waals surface area contributed by atoms with Crippen molar-refractivity contribution in [1.82, 2.24) is 0 Å². The molecule has 2 N–H and O–H groups in total. The number of nitrogens with two attached hydrogens (primary N) is 1. The summed E-state index contributed by atoms with van der Waals surface area (Å²) < 4.78 is 0. The fraction of sp³-hybridized carbons (Fsp3) is 1.00. The van der Waals surface area contributed by atoms with Crippen LogP contribution in [-0.2, 0) is 0 Å². The van der Waals surface area contributed by atoms with Crippen molar-refractivity contribution in [3.8, 4) is 0 Å². The van der Waals surface area contributed by atoms with Crippen LogP contribution in [0.5, 0.6) is 0 Å². The molecule has 4 atom stereocenters. The van der Waals surface area contributed by atoms with E-state index in [0.717, 1.165) is 17.8 Å². The van der Waals surface area contributed by atoms with Crippen molar-refractivity contribution in [3.63, 3.8) is 0 Å². The lowest BCUT2D eigenvalue weighted by Gasteiger charge is -2.49. The van der Waals surface area contributed by atoms with Crippen molar-refractivity contribution in [1.29, 1.82) is 0 Å². The average molecular weight is 223 g/mol. The molecule has 2 rings (SSSR count). The second-order valence-corrected chi connectivity index (χ2v) is 6.43. The maximum atomic E-state index is 6.85. The third-order valence-electron chi connectivity index (χ3n) is 5.36. The van der Waals surface area contributed by atoms with Gasteiger partial charge >= 0.3 is 0 Å². The van der Waals surface area contributed by atoms with Crippen molar-refractivity contribution in [2.24, 2.45) is 23.5 Å². The summed E-state index contributed by atoms with van der Waals surface area (Å²) in [5.74, 6) is 2.54. The van der Waals surface area contributed by atoms with E-state index in [2.05, 4.69) is 13.8 Å². The molecule has 0 amide bonds. The van der Waals surface area contributed by atoms with E-state index in [1.54, 1.807) is 0 Å². The first-order chi connectivity index (χ1) is 7.66. The van der Waals surface area contributed by atoms with Crippen molar-refractivity contribution in [2.45, 2.75) is 77.2 Å². The average Bonchev–Trinajstić information content (AvgIpc) is 2.30. The van der Waals surface area contributed by atoms with E-state index < -0.39 is 0 Å². The molecule has 0 heterocycles. The maximum absolute atomic E-state index is 6.85. The zero-order chi connectivity index (χ0) is 11.6. The Hall–Kier alpha value is -0.0400. The van der Waals surface area contributed by atoms with E-state index in [1.807, 2.05) is 0 Å². The van der Waals surface area contributed by atoms with Crippen LogP contribution in [0.25, 0.3) is 0 Å². The molecular formula is C15H29N. The van der Waals surface area contributed by atoms with Gasteiger partial charge in [0.1, 0.15) is 0 Å². The normalized spacial score (nSPS) is 45.6. The summed E-state index contributed by atoms with van der Waals surface area (Å²) in [7, 11) is 0. The van der Waals surface area contributed by atoms with Crippen LogP contribution in [0.4, 0.5) is 0 Å².